The Morgan fingerprint density at radius 1 is 1.21 bits per heavy atom. The van der Waals surface area contributed by atoms with Crippen molar-refractivity contribution in [2.45, 2.75) is 13.0 Å². The molecule has 2 rings (SSSR count). The quantitative estimate of drug-likeness (QED) is 0.924. The van der Waals surface area contributed by atoms with Crippen molar-refractivity contribution in [3.8, 4) is 17.6 Å². The molecule has 1 atom stereocenters. The normalized spacial score (nSPS) is 11.7. The van der Waals surface area contributed by atoms with Crippen LogP contribution in [0.2, 0.25) is 0 Å². The van der Waals surface area contributed by atoms with Gasteiger partial charge in [0.1, 0.15) is 11.5 Å². The zero-order valence-electron chi connectivity index (χ0n) is 10.3. The van der Waals surface area contributed by atoms with Gasteiger partial charge < -0.3 is 9.84 Å². The first-order valence-electron chi connectivity index (χ1n) is 5.75. The third kappa shape index (κ3) is 3.34. The molecule has 0 fully saturated rings. The van der Waals surface area contributed by atoms with Crippen LogP contribution < -0.4 is 4.74 Å². The SMILES string of the molecule is CC(O)c1ccc(C#N)cc1Oc1ccc(Br)cc1. The van der Waals surface area contributed by atoms with E-state index in [9.17, 15) is 5.11 Å². The average molecular weight is 318 g/mol. The van der Waals surface area contributed by atoms with Gasteiger partial charge >= 0.3 is 0 Å². The molecule has 3 nitrogen and oxygen atoms in total. The van der Waals surface area contributed by atoms with Gasteiger partial charge in [0.2, 0.25) is 0 Å². The molecule has 0 aromatic heterocycles. The second kappa shape index (κ2) is 5.87. The third-order valence-electron chi connectivity index (χ3n) is 2.63. The molecule has 0 bridgehead atoms. The Morgan fingerprint density at radius 3 is 2.47 bits per heavy atom. The van der Waals surface area contributed by atoms with E-state index in [1.165, 1.54) is 0 Å². The summed E-state index contributed by atoms with van der Waals surface area (Å²) >= 11 is 3.35. The molecule has 1 unspecified atom stereocenters. The number of aliphatic hydroxyl groups excluding tert-OH is 1. The van der Waals surface area contributed by atoms with Crippen molar-refractivity contribution in [1.82, 2.24) is 0 Å². The van der Waals surface area contributed by atoms with E-state index in [0.717, 1.165) is 4.47 Å². The first-order valence-corrected chi connectivity index (χ1v) is 6.55. The Kier molecular flexibility index (Phi) is 4.20. The van der Waals surface area contributed by atoms with Crippen LogP contribution in [0.25, 0.3) is 0 Å². The summed E-state index contributed by atoms with van der Waals surface area (Å²) in [7, 11) is 0. The predicted octanol–water partition coefficient (Wildman–Crippen LogP) is 4.17. The Labute approximate surface area is 120 Å². The van der Waals surface area contributed by atoms with Gasteiger partial charge in [-0.15, -0.1) is 0 Å². The summed E-state index contributed by atoms with van der Waals surface area (Å²) in [6.45, 7) is 1.66. The molecule has 19 heavy (non-hydrogen) atoms. The number of hydrogen-bond donors (Lipinski definition) is 1. The molecule has 0 aliphatic carbocycles. The van der Waals surface area contributed by atoms with Crippen molar-refractivity contribution in [3.05, 3.63) is 58.1 Å². The van der Waals surface area contributed by atoms with Crippen molar-refractivity contribution in [3.63, 3.8) is 0 Å². The van der Waals surface area contributed by atoms with Crippen LogP contribution >= 0.6 is 15.9 Å². The van der Waals surface area contributed by atoms with E-state index in [1.807, 2.05) is 24.3 Å². The van der Waals surface area contributed by atoms with Crippen LogP contribution in [-0.4, -0.2) is 5.11 Å². The van der Waals surface area contributed by atoms with Gasteiger partial charge in [0.25, 0.3) is 0 Å². The summed E-state index contributed by atoms with van der Waals surface area (Å²) in [6.07, 6.45) is -0.654. The molecule has 0 saturated heterocycles. The number of nitrogens with zero attached hydrogens (tertiary/aromatic N) is 1. The van der Waals surface area contributed by atoms with E-state index in [0.29, 0.717) is 22.6 Å². The Hall–Kier alpha value is -1.83. The molecule has 0 amide bonds. The summed E-state index contributed by atoms with van der Waals surface area (Å²) in [5, 5.41) is 18.6. The molecule has 0 aliphatic heterocycles. The first kappa shape index (κ1) is 13.6. The van der Waals surface area contributed by atoms with Crippen molar-refractivity contribution in [2.75, 3.05) is 0 Å². The molecule has 0 saturated carbocycles. The van der Waals surface area contributed by atoms with E-state index < -0.39 is 6.10 Å². The third-order valence-corrected chi connectivity index (χ3v) is 3.16. The lowest BCUT2D eigenvalue weighted by molar-refractivity contribution is 0.195. The van der Waals surface area contributed by atoms with E-state index in [2.05, 4.69) is 22.0 Å². The Balaban J connectivity index is 2.37. The highest BCUT2D eigenvalue weighted by atomic mass is 79.9. The fraction of sp³-hybridized carbons (Fsp3) is 0.133. The Bertz CT molecular complexity index is 615. The van der Waals surface area contributed by atoms with Gasteiger partial charge in [0.15, 0.2) is 0 Å². The zero-order chi connectivity index (χ0) is 13.8. The largest absolute Gasteiger partial charge is 0.457 e. The van der Waals surface area contributed by atoms with E-state index in [-0.39, 0.29) is 0 Å². The predicted molar refractivity (Wildman–Crippen MR) is 76.0 cm³/mol. The lowest BCUT2D eigenvalue weighted by Crippen LogP contribution is -1.96. The minimum Gasteiger partial charge on any atom is -0.457 e. The van der Waals surface area contributed by atoms with E-state index in [4.69, 9.17) is 10.00 Å². The van der Waals surface area contributed by atoms with E-state index in [1.54, 1.807) is 25.1 Å². The number of nitriles is 1. The molecule has 2 aromatic carbocycles. The molecule has 0 spiro atoms. The van der Waals surface area contributed by atoms with Gasteiger partial charge in [0, 0.05) is 10.0 Å². The van der Waals surface area contributed by atoms with Crippen LogP contribution in [0.3, 0.4) is 0 Å². The minimum atomic E-state index is -0.654. The van der Waals surface area contributed by atoms with Gasteiger partial charge in [-0.1, -0.05) is 22.0 Å². The Morgan fingerprint density at radius 2 is 1.89 bits per heavy atom. The number of rotatable bonds is 3. The molecule has 0 heterocycles. The van der Waals surface area contributed by atoms with E-state index >= 15 is 0 Å². The second-order valence-electron chi connectivity index (χ2n) is 4.10. The molecule has 0 radical (unpaired) electrons. The van der Waals surface area contributed by atoms with Crippen LogP contribution in [0.15, 0.2) is 46.9 Å². The van der Waals surface area contributed by atoms with Gasteiger partial charge in [0.05, 0.1) is 17.7 Å². The highest BCUT2D eigenvalue weighted by molar-refractivity contribution is 9.10. The second-order valence-corrected chi connectivity index (χ2v) is 5.01. The number of aliphatic hydroxyl groups is 1. The summed E-state index contributed by atoms with van der Waals surface area (Å²) in [4.78, 5) is 0. The molecule has 1 N–H and O–H groups in total. The molecule has 0 aliphatic rings. The maximum Gasteiger partial charge on any atom is 0.134 e. The van der Waals surface area contributed by atoms with Crippen molar-refractivity contribution < 1.29 is 9.84 Å². The summed E-state index contributed by atoms with van der Waals surface area (Å²) in [6, 6.07) is 14.4. The lowest BCUT2D eigenvalue weighted by Gasteiger charge is -2.13. The van der Waals surface area contributed by atoms with Gasteiger partial charge in [-0.05, 0) is 43.3 Å². The minimum absolute atomic E-state index is 0.497. The van der Waals surface area contributed by atoms with Gasteiger partial charge in [-0.25, -0.2) is 0 Å². The smallest absolute Gasteiger partial charge is 0.134 e. The monoisotopic (exact) mass is 317 g/mol. The maximum absolute atomic E-state index is 9.72. The molecule has 2 aromatic rings. The fourth-order valence-corrected chi connectivity index (χ4v) is 1.93. The maximum atomic E-state index is 9.72. The van der Waals surface area contributed by atoms with Crippen LogP contribution in [0.5, 0.6) is 11.5 Å². The molecular weight excluding hydrogens is 306 g/mol. The summed E-state index contributed by atoms with van der Waals surface area (Å²) in [5.74, 6) is 1.15. The van der Waals surface area contributed by atoms with Crippen LogP contribution in [0.4, 0.5) is 0 Å². The summed E-state index contributed by atoms with van der Waals surface area (Å²) < 4.78 is 6.70. The van der Waals surface area contributed by atoms with Crippen molar-refractivity contribution in [1.29, 1.82) is 5.26 Å². The van der Waals surface area contributed by atoms with Crippen molar-refractivity contribution >= 4 is 15.9 Å². The molecular formula is C15H12BrNO2. The number of benzene rings is 2. The van der Waals surface area contributed by atoms with Crippen molar-refractivity contribution in [2.24, 2.45) is 0 Å². The first-order chi connectivity index (χ1) is 9.10. The molecule has 96 valence electrons. The highest BCUT2D eigenvalue weighted by Crippen LogP contribution is 2.31. The van der Waals surface area contributed by atoms with Crippen LogP contribution in [-0.2, 0) is 0 Å². The number of hydrogen-bond acceptors (Lipinski definition) is 3. The highest BCUT2D eigenvalue weighted by Gasteiger charge is 2.11. The summed E-state index contributed by atoms with van der Waals surface area (Å²) in [5.41, 5.74) is 1.15. The lowest BCUT2D eigenvalue weighted by atomic mass is 10.1. The molecule has 4 heteroatoms. The number of ether oxygens (including phenoxy) is 1. The van der Waals surface area contributed by atoms with Crippen LogP contribution in [0, 0.1) is 11.3 Å². The van der Waals surface area contributed by atoms with Gasteiger partial charge in [-0.3, -0.25) is 0 Å². The zero-order valence-corrected chi connectivity index (χ0v) is 11.9. The fourth-order valence-electron chi connectivity index (χ4n) is 1.67. The topological polar surface area (TPSA) is 53.2 Å². The van der Waals surface area contributed by atoms with Gasteiger partial charge in [-0.2, -0.15) is 5.26 Å². The van der Waals surface area contributed by atoms with Crippen LogP contribution in [0.1, 0.15) is 24.2 Å². The number of halogens is 1. The standard InChI is InChI=1S/C15H12BrNO2/c1-10(18)14-7-2-11(9-17)8-15(14)19-13-5-3-12(16)4-6-13/h2-8,10,18H,1H3. The average Bonchev–Trinajstić information content (AvgIpc) is 2.41.